The van der Waals surface area contributed by atoms with E-state index < -0.39 is 0 Å². The van der Waals surface area contributed by atoms with Crippen LogP contribution in [0.5, 0.6) is 0 Å². The summed E-state index contributed by atoms with van der Waals surface area (Å²) in [6, 6.07) is 0.503. The molecule has 0 spiro atoms. The zero-order valence-electron chi connectivity index (χ0n) is 21.3. The van der Waals surface area contributed by atoms with Gasteiger partial charge in [0, 0.05) is 17.8 Å². The highest BCUT2D eigenvalue weighted by Gasteiger charge is 2.51. The molecule has 4 heteroatoms. The van der Waals surface area contributed by atoms with Crippen LogP contribution in [0.3, 0.4) is 0 Å². The van der Waals surface area contributed by atoms with Gasteiger partial charge in [0.1, 0.15) is 0 Å². The molecule has 1 aromatic rings. The first-order valence-electron chi connectivity index (χ1n) is 14.2. The first-order chi connectivity index (χ1) is 15.8. The van der Waals surface area contributed by atoms with Crippen molar-refractivity contribution in [1.29, 1.82) is 0 Å². The Morgan fingerprint density at radius 1 is 1.00 bits per heavy atom. The summed E-state index contributed by atoms with van der Waals surface area (Å²) in [5.41, 5.74) is 4.11. The Hall–Kier alpha value is -1.32. The van der Waals surface area contributed by atoms with Crippen molar-refractivity contribution in [1.82, 2.24) is 15.1 Å². The number of carbonyl (C=O) groups is 1. The molecular formula is C29H45N3O. The smallest absolute Gasteiger partial charge is 0.272 e. The fraction of sp³-hybridized carbons (Fsp3) is 0.862. The van der Waals surface area contributed by atoms with E-state index in [1.54, 1.807) is 0 Å². The largest absolute Gasteiger partial charge is 0.350 e. The molecule has 1 N–H and O–H groups in total. The predicted octanol–water partition coefficient (Wildman–Crippen LogP) is 6.49. The SMILES string of the molecule is CC(C)(C)C1CCc2c(c(C(=O)NCC34CC5CC(CC(C5)C3)C4)nn2C2CCCCC2)C1. The normalized spacial score (nSPS) is 36.1. The number of hydrogen-bond acceptors (Lipinski definition) is 2. The quantitative estimate of drug-likeness (QED) is 0.569. The average Bonchev–Trinajstić information content (AvgIpc) is 3.16. The molecule has 4 nitrogen and oxygen atoms in total. The van der Waals surface area contributed by atoms with Gasteiger partial charge in [0.15, 0.2) is 5.69 Å². The Labute approximate surface area is 200 Å². The third-order valence-electron chi connectivity index (χ3n) is 10.4. The lowest BCUT2D eigenvalue weighted by atomic mass is 9.49. The second-order valence-corrected chi connectivity index (χ2v) is 13.9. The van der Waals surface area contributed by atoms with Crippen molar-refractivity contribution in [3.05, 3.63) is 17.0 Å². The Morgan fingerprint density at radius 3 is 2.24 bits per heavy atom. The van der Waals surface area contributed by atoms with Gasteiger partial charge < -0.3 is 5.32 Å². The monoisotopic (exact) mass is 451 g/mol. The van der Waals surface area contributed by atoms with Gasteiger partial charge in [0.05, 0.1) is 6.04 Å². The molecule has 7 rings (SSSR count). The maximum Gasteiger partial charge on any atom is 0.272 e. The average molecular weight is 452 g/mol. The highest BCUT2D eigenvalue weighted by Crippen LogP contribution is 2.59. The van der Waals surface area contributed by atoms with E-state index in [4.69, 9.17) is 5.10 Å². The zero-order valence-corrected chi connectivity index (χ0v) is 21.3. The lowest BCUT2D eigenvalue weighted by molar-refractivity contribution is -0.0503. The van der Waals surface area contributed by atoms with Crippen molar-refractivity contribution in [3.63, 3.8) is 0 Å². The summed E-state index contributed by atoms with van der Waals surface area (Å²) in [5, 5.41) is 8.56. The summed E-state index contributed by atoms with van der Waals surface area (Å²) in [6.07, 6.45) is 18.2. The number of aromatic nitrogens is 2. The highest BCUT2D eigenvalue weighted by molar-refractivity contribution is 5.94. The van der Waals surface area contributed by atoms with Gasteiger partial charge in [0.25, 0.3) is 5.91 Å². The van der Waals surface area contributed by atoms with Crippen molar-refractivity contribution in [2.75, 3.05) is 6.54 Å². The maximum absolute atomic E-state index is 13.7. The van der Waals surface area contributed by atoms with Crippen LogP contribution in [0.15, 0.2) is 0 Å². The molecule has 182 valence electrons. The number of nitrogens with zero attached hydrogens (tertiary/aromatic N) is 2. The van der Waals surface area contributed by atoms with Crippen LogP contribution in [0.2, 0.25) is 0 Å². The van der Waals surface area contributed by atoms with Crippen LogP contribution in [0.1, 0.15) is 126 Å². The van der Waals surface area contributed by atoms with Gasteiger partial charge in [-0.3, -0.25) is 9.48 Å². The fourth-order valence-electron chi connectivity index (χ4n) is 9.05. The van der Waals surface area contributed by atoms with Crippen molar-refractivity contribution in [2.24, 2.45) is 34.5 Å². The number of carbonyl (C=O) groups excluding carboxylic acids is 1. The van der Waals surface area contributed by atoms with E-state index >= 15 is 0 Å². The number of fused-ring (bicyclic) bond motifs is 1. The van der Waals surface area contributed by atoms with Gasteiger partial charge in [-0.2, -0.15) is 5.10 Å². The van der Waals surface area contributed by atoms with E-state index in [1.165, 1.54) is 88.3 Å². The summed E-state index contributed by atoms with van der Waals surface area (Å²) in [7, 11) is 0. The van der Waals surface area contributed by atoms with Gasteiger partial charge in [0.2, 0.25) is 0 Å². The molecule has 33 heavy (non-hydrogen) atoms. The van der Waals surface area contributed by atoms with Crippen molar-refractivity contribution in [2.45, 2.75) is 117 Å². The molecule has 6 aliphatic carbocycles. The minimum absolute atomic E-state index is 0.117. The molecule has 1 unspecified atom stereocenters. The molecule has 4 bridgehead atoms. The topological polar surface area (TPSA) is 46.9 Å². The molecule has 1 atom stereocenters. The molecule has 1 amide bonds. The molecule has 5 saturated carbocycles. The second kappa shape index (κ2) is 8.12. The molecule has 6 aliphatic rings. The highest BCUT2D eigenvalue weighted by atomic mass is 16.2. The van der Waals surface area contributed by atoms with E-state index in [1.807, 2.05) is 0 Å². The van der Waals surface area contributed by atoms with Crippen molar-refractivity contribution >= 4 is 5.91 Å². The summed E-state index contributed by atoms with van der Waals surface area (Å²) in [6.45, 7) is 7.96. The van der Waals surface area contributed by atoms with Gasteiger partial charge in [-0.05, 0) is 105 Å². The molecular weight excluding hydrogens is 406 g/mol. The first-order valence-corrected chi connectivity index (χ1v) is 14.2. The summed E-state index contributed by atoms with van der Waals surface area (Å²) < 4.78 is 2.33. The zero-order chi connectivity index (χ0) is 22.8. The Morgan fingerprint density at radius 2 is 1.64 bits per heavy atom. The molecule has 5 fully saturated rings. The number of hydrogen-bond donors (Lipinski definition) is 1. The van der Waals surface area contributed by atoms with E-state index in [2.05, 4.69) is 30.8 Å². The summed E-state index contributed by atoms with van der Waals surface area (Å²) in [5.74, 6) is 3.53. The van der Waals surface area contributed by atoms with Gasteiger partial charge in [-0.1, -0.05) is 40.0 Å². The van der Waals surface area contributed by atoms with Crippen LogP contribution in [-0.4, -0.2) is 22.2 Å². The Kier molecular flexibility index (Phi) is 5.46. The molecule has 1 aromatic heterocycles. The molecule has 0 saturated heterocycles. The van der Waals surface area contributed by atoms with Crippen LogP contribution in [0.25, 0.3) is 0 Å². The van der Waals surface area contributed by atoms with E-state index in [-0.39, 0.29) is 11.3 Å². The lowest BCUT2D eigenvalue weighted by Crippen LogP contribution is -2.51. The van der Waals surface area contributed by atoms with Gasteiger partial charge in [-0.25, -0.2) is 0 Å². The summed E-state index contributed by atoms with van der Waals surface area (Å²) >= 11 is 0. The minimum Gasteiger partial charge on any atom is -0.350 e. The minimum atomic E-state index is 0.117. The third-order valence-corrected chi connectivity index (χ3v) is 10.4. The van der Waals surface area contributed by atoms with Crippen LogP contribution < -0.4 is 5.32 Å². The first kappa shape index (κ1) is 22.2. The van der Waals surface area contributed by atoms with Crippen molar-refractivity contribution in [3.8, 4) is 0 Å². The van der Waals surface area contributed by atoms with Crippen LogP contribution >= 0.6 is 0 Å². The van der Waals surface area contributed by atoms with E-state index in [0.29, 0.717) is 17.4 Å². The molecule has 1 heterocycles. The maximum atomic E-state index is 13.7. The van der Waals surface area contributed by atoms with Crippen LogP contribution in [0, 0.1) is 34.5 Å². The Bertz CT molecular complexity index is 865. The number of nitrogens with one attached hydrogen (secondary N) is 1. The Balaban J connectivity index is 1.24. The fourth-order valence-corrected chi connectivity index (χ4v) is 9.05. The number of amides is 1. The number of rotatable bonds is 4. The van der Waals surface area contributed by atoms with Crippen LogP contribution in [0.4, 0.5) is 0 Å². The van der Waals surface area contributed by atoms with E-state index in [0.717, 1.165) is 42.8 Å². The van der Waals surface area contributed by atoms with Crippen LogP contribution in [-0.2, 0) is 12.8 Å². The van der Waals surface area contributed by atoms with E-state index in [9.17, 15) is 4.79 Å². The predicted molar refractivity (Wildman–Crippen MR) is 132 cm³/mol. The molecule has 0 radical (unpaired) electrons. The standard InChI is InChI=1S/C29H45N3O/c1-28(2,3)22-9-10-25-24(14-22)26(31-32(25)23-7-5-4-6-8-23)27(33)30-18-29-15-19-11-20(16-29)13-21(12-19)17-29/h19-23H,4-18H2,1-3H3,(H,30,33). The molecule has 0 aliphatic heterocycles. The van der Waals surface area contributed by atoms with Crippen molar-refractivity contribution < 1.29 is 4.79 Å². The molecule has 0 aromatic carbocycles. The third kappa shape index (κ3) is 4.08. The lowest BCUT2D eigenvalue weighted by Gasteiger charge is -2.56. The van der Waals surface area contributed by atoms with Gasteiger partial charge in [-0.15, -0.1) is 0 Å². The van der Waals surface area contributed by atoms with Gasteiger partial charge >= 0.3 is 0 Å². The summed E-state index contributed by atoms with van der Waals surface area (Å²) in [4.78, 5) is 13.7. The second-order valence-electron chi connectivity index (χ2n) is 13.9.